The van der Waals surface area contributed by atoms with Gasteiger partial charge in [0.25, 0.3) is 5.91 Å². The zero-order valence-corrected chi connectivity index (χ0v) is 12.0. The summed E-state index contributed by atoms with van der Waals surface area (Å²) in [6, 6.07) is 5.57. The van der Waals surface area contributed by atoms with Crippen LogP contribution in [-0.4, -0.2) is 39.9 Å². The standard InChI is InChI=1S/C14H22N2O4/c1-18-7-3-6-16-9-11-4-5-12(13(8-11)19-2)20-10-14(15)17/h4-5,8,16H,3,6-7,9-10H2,1-2H3,(H2,15,17). The van der Waals surface area contributed by atoms with Gasteiger partial charge in [-0.15, -0.1) is 0 Å². The summed E-state index contributed by atoms with van der Waals surface area (Å²) in [5.74, 6) is 0.577. The van der Waals surface area contributed by atoms with Gasteiger partial charge in [-0.2, -0.15) is 0 Å². The monoisotopic (exact) mass is 282 g/mol. The minimum atomic E-state index is -0.518. The third kappa shape index (κ3) is 5.90. The van der Waals surface area contributed by atoms with Gasteiger partial charge in [0.2, 0.25) is 0 Å². The second kappa shape index (κ2) is 9.17. The predicted molar refractivity (Wildman–Crippen MR) is 75.9 cm³/mol. The summed E-state index contributed by atoms with van der Waals surface area (Å²) in [6.45, 7) is 2.20. The molecule has 1 aromatic rings. The number of hydrogen-bond acceptors (Lipinski definition) is 5. The van der Waals surface area contributed by atoms with Crippen molar-refractivity contribution in [3.05, 3.63) is 23.8 Å². The van der Waals surface area contributed by atoms with E-state index in [0.717, 1.165) is 31.7 Å². The van der Waals surface area contributed by atoms with Crippen LogP contribution in [0, 0.1) is 0 Å². The van der Waals surface area contributed by atoms with Gasteiger partial charge in [0.1, 0.15) is 0 Å². The molecule has 0 radical (unpaired) electrons. The van der Waals surface area contributed by atoms with E-state index in [9.17, 15) is 4.79 Å². The number of nitrogens with one attached hydrogen (secondary N) is 1. The molecule has 0 saturated carbocycles. The van der Waals surface area contributed by atoms with E-state index >= 15 is 0 Å². The fourth-order valence-electron chi connectivity index (χ4n) is 1.66. The lowest BCUT2D eigenvalue weighted by molar-refractivity contribution is -0.119. The Labute approximate surface area is 119 Å². The highest BCUT2D eigenvalue weighted by Crippen LogP contribution is 2.27. The fourth-order valence-corrected chi connectivity index (χ4v) is 1.66. The van der Waals surface area contributed by atoms with Gasteiger partial charge in [-0.25, -0.2) is 0 Å². The molecule has 0 fully saturated rings. The minimum Gasteiger partial charge on any atom is -0.493 e. The first-order valence-corrected chi connectivity index (χ1v) is 6.45. The normalized spacial score (nSPS) is 10.3. The Morgan fingerprint density at radius 1 is 1.30 bits per heavy atom. The molecular formula is C14H22N2O4. The van der Waals surface area contributed by atoms with Gasteiger partial charge in [-0.05, 0) is 30.7 Å². The van der Waals surface area contributed by atoms with E-state index in [1.807, 2.05) is 12.1 Å². The summed E-state index contributed by atoms with van der Waals surface area (Å²) < 4.78 is 15.5. The molecule has 0 bridgehead atoms. The van der Waals surface area contributed by atoms with Crippen molar-refractivity contribution in [3.8, 4) is 11.5 Å². The van der Waals surface area contributed by atoms with Crippen molar-refractivity contribution in [1.29, 1.82) is 0 Å². The molecule has 3 N–H and O–H groups in total. The van der Waals surface area contributed by atoms with E-state index in [2.05, 4.69) is 5.32 Å². The Kier molecular flexibility index (Phi) is 7.46. The van der Waals surface area contributed by atoms with E-state index in [0.29, 0.717) is 11.5 Å². The van der Waals surface area contributed by atoms with Crippen LogP contribution in [0.4, 0.5) is 0 Å². The molecule has 1 amide bonds. The van der Waals surface area contributed by atoms with E-state index < -0.39 is 5.91 Å². The van der Waals surface area contributed by atoms with E-state index in [-0.39, 0.29) is 6.61 Å². The van der Waals surface area contributed by atoms with Gasteiger partial charge >= 0.3 is 0 Å². The second-order valence-corrected chi connectivity index (χ2v) is 4.26. The second-order valence-electron chi connectivity index (χ2n) is 4.26. The number of methoxy groups -OCH3 is 2. The van der Waals surface area contributed by atoms with Crippen molar-refractivity contribution in [2.75, 3.05) is 34.0 Å². The molecule has 20 heavy (non-hydrogen) atoms. The number of carbonyl (C=O) groups is 1. The van der Waals surface area contributed by atoms with Crippen LogP contribution in [0.3, 0.4) is 0 Å². The van der Waals surface area contributed by atoms with Gasteiger partial charge in [-0.1, -0.05) is 6.07 Å². The smallest absolute Gasteiger partial charge is 0.255 e. The van der Waals surface area contributed by atoms with Crippen LogP contribution in [0.1, 0.15) is 12.0 Å². The fraction of sp³-hybridized carbons (Fsp3) is 0.500. The quantitative estimate of drug-likeness (QED) is 0.617. The molecular weight excluding hydrogens is 260 g/mol. The molecule has 0 aliphatic carbocycles. The van der Waals surface area contributed by atoms with Gasteiger partial charge < -0.3 is 25.3 Å². The van der Waals surface area contributed by atoms with Crippen LogP contribution in [-0.2, 0) is 16.1 Å². The van der Waals surface area contributed by atoms with Gasteiger partial charge in [-0.3, -0.25) is 4.79 Å². The first-order valence-electron chi connectivity index (χ1n) is 6.45. The Morgan fingerprint density at radius 2 is 2.10 bits per heavy atom. The maximum Gasteiger partial charge on any atom is 0.255 e. The van der Waals surface area contributed by atoms with Crippen molar-refractivity contribution in [1.82, 2.24) is 5.32 Å². The van der Waals surface area contributed by atoms with E-state index in [1.54, 1.807) is 20.3 Å². The SMILES string of the molecule is COCCCNCc1ccc(OCC(N)=O)c(OC)c1. The van der Waals surface area contributed by atoms with Crippen molar-refractivity contribution in [3.63, 3.8) is 0 Å². The van der Waals surface area contributed by atoms with Crippen LogP contribution in [0.2, 0.25) is 0 Å². The molecule has 1 aromatic carbocycles. The van der Waals surface area contributed by atoms with Crippen molar-refractivity contribution in [2.24, 2.45) is 5.73 Å². The highest BCUT2D eigenvalue weighted by molar-refractivity contribution is 5.75. The average Bonchev–Trinajstić information content (AvgIpc) is 2.45. The van der Waals surface area contributed by atoms with Crippen LogP contribution in [0.5, 0.6) is 11.5 Å². The van der Waals surface area contributed by atoms with Crippen LogP contribution >= 0.6 is 0 Å². The number of amides is 1. The molecule has 0 aromatic heterocycles. The molecule has 0 atom stereocenters. The zero-order valence-electron chi connectivity index (χ0n) is 12.0. The third-order valence-corrected chi connectivity index (χ3v) is 2.63. The number of nitrogens with two attached hydrogens (primary N) is 1. The van der Waals surface area contributed by atoms with E-state index in [4.69, 9.17) is 19.9 Å². The maximum absolute atomic E-state index is 10.7. The average molecular weight is 282 g/mol. The summed E-state index contributed by atoms with van der Waals surface area (Å²) in [6.07, 6.45) is 0.966. The molecule has 0 saturated heterocycles. The van der Waals surface area contributed by atoms with Crippen LogP contribution < -0.4 is 20.5 Å². The highest BCUT2D eigenvalue weighted by atomic mass is 16.5. The molecule has 0 aliphatic rings. The lowest BCUT2D eigenvalue weighted by Crippen LogP contribution is -2.20. The topological polar surface area (TPSA) is 82.8 Å². The van der Waals surface area contributed by atoms with E-state index in [1.165, 1.54) is 0 Å². The van der Waals surface area contributed by atoms with Gasteiger partial charge in [0, 0.05) is 20.3 Å². The maximum atomic E-state index is 10.7. The zero-order chi connectivity index (χ0) is 14.8. The minimum absolute atomic E-state index is 0.162. The summed E-state index contributed by atoms with van der Waals surface area (Å²) >= 11 is 0. The highest BCUT2D eigenvalue weighted by Gasteiger charge is 2.07. The first-order chi connectivity index (χ1) is 9.67. The van der Waals surface area contributed by atoms with Crippen molar-refractivity contribution < 1.29 is 19.0 Å². The summed E-state index contributed by atoms with van der Waals surface area (Å²) in [5.41, 5.74) is 6.12. The molecule has 0 aliphatic heterocycles. The molecule has 0 spiro atoms. The Balaban J connectivity index is 2.51. The Morgan fingerprint density at radius 3 is 2.75 bits per heavy atom. The summed E-state index contributed by atoms with van der Waals surface area (Å²) in [7, 11) is 3.25. The molecule has 0 heterocycles. The largest absolute Gasteiger partial charge is 0.493 e. The number of hydrogen-bond donors (Lipinski definition) is 2. The van der Waals surface area contributed by atoms with Crippen molar-refractivity contribution in [2.45, 2.75) is 13.0 Å². The molecule has 6 heteroatoms. The number of benzene rings is 1. The lowest BCUT2D eigenvalue weighted by atomic mass is 10.2. The lowest BCUT2D eigenvalue weighted by Gasteiger charge is -2.11. The third-order valence-electron chi connectivity index (χ3n) is 2.63. The van der Waals surface area contributed by atoms with Crippen molar-refractivity contribution >= 4 is 5.91 Å². The molecule has 6 nitrogen and oxygen atoms in total. The number of ether oxygens (including phenoxy) is 3. The first kappa shape index (κ1) is 16.3. The van der Waals surface area contributed by atoms with Gasteiger partial charge in [0.05, 0.1) is 7.11 Å². The Hall–Kier alpha value is -1.79. The van der Waals surface area contributed by atoms with Gasteiger partial charge in [0.15, 0.2) is 18.1 Å². The molecule has 112 valence electrons. The summed E-state index contributed by atoms with van der Waals surface area (Å²) in [5, 5.41) is 3.31. The number of carbonyl (C=O) groups excluding carboxylic acids is 1. The van der Waals surface area contributed by atoms with Crippen LogP contribution in [0.15, 0.2) is 18.2 Å². The number of rotatable bonds is 10. The molecule has 0 unspecified atom stereocenters. The van der Waals surface area contributed by atoms with Crippen LogP contribution in [0.25, 0.3) is 0 Å². The predicted octanol–water partition coefficient (Wildman–Crippen LogP) is 0.685. The Bertz CT molecular complexity index is 424. The summed E-state index contributed by atoms with van der Waals surface area (Å²) in [4.78, 5) is 10.7. The molecule has 1 rings (SSSR count). The number of primary amides is 1.